The maximum atomic E-state index is 2.16. The normalized spacial score (nSPS) is 8.59. The zero-order valence-corrected chi connectivity index (χ0v) is 11.9. The summed E-state index contributed by atoms with van der Waals surface area (Å²) in [6, 6.07) is 20.9. The molecule has 0 fully saturated rings. The Hall–Kier alpha value is -1.03. The van der Waals surface area contributed by atoms with Crippen LogP contribution < -0.4 is 0 Å². The Balaban J connectivity index is 0.000000284. The predicted molar refractivity (Wildman–Crippen MR) is 71.6 cm³/mol. The molecule has 0 saturated carbocycles. The van der Waals surface area contributed by atoms with Crippen LogP contribution in [0, 0.1) is 0 Å². The van der Waals surface area contributed by atoms with Crippen molar-refractivity contribution in [2.24, 2.45) is 0 Å². The molecule has 0 radical (unpaired) electrons. The van der Waals surface area contributed by atoms with Gasteiger partial charge in [0.2, 0.25) is 0 Å². The Morgan fingerprint density at radius 3 is 1.06 bits per heavy atom. The fraction of sp³-hybridized carbons (Fsp3) is 0.250. The molecule has 0 aromatic heterocycles. The minimum Gasteiger partial charge on any atom is -0.0622 e. The van der Waals surface area contributed by atoms with E-state index in [1.165, 1.54) is 11.1 Å². The molecule has 0 spiro atoms. The smallest absolute Gasteiger partial charge is 0.0622 e. The van der Waals surface area contributed by atoms with Crippen molar-refractivity contribution in [3.63, 3.8) is 0 Å². The van der Waals surface area contributed by atoms with Crippen molar-refractivity contribution in [3.05, 3.63) is 71.8 Å². The molecule has 1 heteroatoms. The SMILES string of the molecule is CCc1ccccc1.CCc1ccccc1.[Cr+2]. The third-order valence-electron chi connectivity index (χ3n) is 2.50. The molecule has 0 unspecified atom stereocenters. The van der Waals surface area contributed by atoms with E-state index in [0.717, 1.165) is 12.8 Å². The number of hydrogen-bond acceptors (Lipinski definition) is 0. The van der Waals surface area contributed by atoms with Crippen LogP contribution in [0.25, 0.3) is 0 Å². The predicted octanol–water partition coefficient (Wildman–Crippen LogP) is 4.50. The van der Waals surface area contributed by atoms with Crippen LogP contribution in [0.1, 0.15) is 25.0 Å². The zero-order valence-electron chi connectivity index (χ0n) is 10.6. The first-order valence-corrected chi connectivity index (χ1v) is 5.94. The van der Waals surface area contributed by atoms with Gasteiger partial charge in [-0.1, -0.05) is 74.5 Å². The average Bonchev–Trinajstić information content (AvgIpc) is 2.41. The largest absolute Gasteiger partial charge is 2.00 e. The van der Waals surface area contributed by atoms with Crippen molar-refractivity contribution in [2.75, 3.05) is 0 Å². The second-order valence-corrected chi connectivity index (χ2v) is 3.68. The summed E-state index contributed by atoms with van der Waals surface area (Å²) < 4.78 is 0. The first-order chi connectivity index (χ1) is 7.86. The molecule has 0 bridgehead atoms. The second-order valence-electron chi connectivity index (χ2n) is 3.68. The summed E-state index contributed by atoms with van der Waals surface area (Å²) in [4.78, 5) is 0. The van der Waals surface area contributed by atoms with Gasteiger partial charge in [-0.3, -0.25) is 0 Å². The molecular formula is C16H20Cr+2. The quantitative estimate of drug-likeness (QED) is 0.749. The van der Waals surface area contributed by atoms with Gasteiger partial charge in [0.05, 0.1) is 0 Å². The van der Waals surface area contributed by atoms with Gasteiger partial charge in [-0.05, 0) is 24.0 Å². The zero-order chi connectivity index (χ0) is 11.6. The topological polar surface area (TPSA) is 0 Å². The Kier molecular flexibility index (Phi) is 9.53. The van der Waals surface area contributed by atoms with Gasteiger partial charge in [-0.25, -0.2) is 0 Å². The van der Waals surface area contributed by atoms with Crippen LogP contribution in [0.4, 0.5) is 0 Å². The monoisotopic (exact) mass is 264 g/mol. The Morgan fingerprint density at radius 1 is 0.588 bits per heavy atom. The van der Waals surface area contributed by atoms with Crippen LogP contribution >= 0.6 is 0 Å². The summed E-state index contributed by atoms with van der Waals surface area (Å²) in [5.74, 6) is 0. The maximum Gasteiger partial charge on any atom is 2.00 e. The standard InChI is InChI=1S/2C8H10.Cr/c2*1-2-8-6-4-3-5-7-8;/h2*3-7H,2H2,1H3;/q;;+2. The average molecular weight is 264 g/mol. The molecule has 2 rings (SSSR count). The molecule has 0 saturated heterocycles. The van der Waals surface area contributed by atoms with Gasteiger partial charge in [-0.15, -0.1) is 0 Å². The van der Waals surface area contributed by atoms with Crippen molar-refractivity contribution in [2.45, 2.75) is 26.7 Å². The summed E-state index contributed by atoms with van der Waals surface area (Å²) in [7, 11) is 0. The Morgan fingerprint density at radius 2 is 0.882 bits per heavy atom. The Labute approximate surface area is 116 Å². The van der Waals surface area contributed by atoms with Gasteiger partial charge in [0.25, 0.3) is 0 Å². The number of benzene rings is 2. The molecule has 0 nitrogen and oxygen atoms in total. The van der Waals surface area contributed by atoms with E-state index >= 15 is 0 Å². The van der Waals surface area contributed by atoms with E-state index in [0.29, 0.717) is 0 Å². The van der Waals surface area contributed by atoms with E-state index in [1.807, 2.05) is 12.1 Å². The van der Waals surface area contributed by atoms with Crippen LogP contribution in [0.15, 0.2) is 60.7 Å². The van der Waals surface area contributed by atoms with E-state index in [9.17, 15) is 0 Å². The van der Waals surface area contributed by atoms with Crippen LogP contribution in [0.3, 0.4) is 0 Å². The minimum absolute atomic E-state index is 0. The van der Waals surface area contributed by atoms with Gasteiger partial charge in [0.1, 0.15) is 0 Å². The van der Waals surface area contributed by atoms with E-state index in [4.69, 9.17) is 0 Å². The molecule has 2 aromatic carbocycles. The van der Waals surface area contributed by atoms with E-state index in [1.54, 1.807) is 0 Å². The molecule has 0 amide bonds. The summed E-state index contributed by atoms with van der Waals surface area (Å²) in [5, 5.41) is 0. The molecule has 0 aliphatic carbocycles. The molecular weight excluding hydrogens is 244 g/mol. The molecule has 17 heavy (non-hydrogen) atoms. The molecule has 0 atom stereocenters. The van der Waals surface area contributed by atoms with E-state index in [2.05, 4.69) is 62.4 Å². The van der Waals surface area contributed by atoms with Crippen molar-refractivity contribution in [1.82, 2.24) is 0 Å². The summed E-state index contributed by atoms with van der Waals surface area (Å²) in [6.07, 6.45) is 2.28. The van der Waals surface area contributed by atoms with Gasteiger partial charge in [-0.2, -0.15) is 0 Å². The molecule has 2 aromatic rings. The van der Waals surface area contributed by atoms with Crippen molar-refractivity contribution in [1.29, 1.82) is 0 Å². The summed E-state index contributed by atoms with van der Waals surface area (Å²) in [5.41, 5.74) is 2.82. The third-order valence-corrected chi connectivity index (χ3v) is 2.50. The van der Waals surface area contributed by atoms with Gasteiger partial charge >= 0.3 is 17.4 Å². The van der Waals surface area contributed by atoms with Crippen molar-refractivity contribution < 1.29 is 17.4 Å². The van der Waals surface area contributed by atoms with Gasteiger partial charge in [0, 0.05) is 0 Å². The van der Waals surface area contributed by atoms with Crippen molar-refractivity contribution in [3.8, 4) is 0 Å². The van der Waals surface area contributed by atoms with Crippen LogP contribution in [-0.2, 0) is 30.2 Å². The second kappa shape index (κ2) is 10.1. The molecule has 0 heterocycles. The molecule has 88 valence electrons. The minimum atomic E-state index is 0. The van der Waals surface area contributed by atoms with E-state index < -0.39 is 0 Å². The van der Waals surface area contributed by atoms with Gasteiger partial charge in [0.15, 0.2) is 0 Å². The maximum absolute atomic E-state index is 2.16. The van der Waals surface area contributed by atoms with Crippen LogP contribution in [-0.4, -0.2) is 0 Å². The number of hydrogen-bond donors (Lipinski definition) is 0. The van der Waals surface area contributed by atoms with E-state index in [-0.39, 0.29) is 17.4 Å². The fourth-order valence-electron chi connectivity index (χ4n) is 1.43. The molecule has 0 aliphatic heterocycles. The summed E-state index contributed by atoms with van der Waals surface area (Å²) >= 11 is 0. The van der Waals surface area contributed by atoms with Crippen molar-refractivity contribution >= 4 is 0 Å². The van der Waals surface area contributed by atoms with Gasteiger partial charge < -0.3 is 0 Å². The summed E-state index contributed by atoms with van der Waals surface area (Å²) in [6.45, 7) is 4.32. The molecule has 0 aliphatic rings. The fourth-order valence-corrected chi connectivity index (χ4v) is 1.43. The van der Waals surface area contributed by atoms with Crippen LogP contribution in [0.2, 0.25) is 0 Å². The Bertz CT molecular complexity index is 328. The molecule has 0 N–H and O–H groups in total. The number of rotatable bonds is 2. The third kappa shape index (κ3) is 7.00. The number of aryl methyl sites for hydroxylation is 2. The first kappa shape index (κ1) is 16.0. The first-order valence-electron chi connectivity index (χ1n) is 5.94. The van der Waals surface area contributed by atoms with Crippen LogP contribution in [0.5, 0.6) is 0 Å².